The molecule has 0 spiro atoms. The van der Waals surface area contributed by atoms with Crippen molar-refractivity contribution < 1.29 is 24.3 Å². The first-order valence-corrected chi connectivity index (χ1v) is 11.4. The Hall–Kier alpha value is -2.79. The van der Waals surface area contributed by atoms with Crippen LogP contribution in [0.3, 0.4) is 0 Å². The van der Waals surface area contributed by atoms with E-state index < -0.39 is 0 Å². The summed E-state index contributed by atoms with van der Waals surface area (Å²) in [6.07, 6.45) is 6.17. The van der Waals surface area contributed by atoms with E-state index in [0.717, 1.165) is 44.3 Å². The van der Waals surface area contributed by atoms with Gasteiger partial charge in [-0.2, -0.15) is 0 Å². The number of carbonyl (C=O) groups is 1. The quantitative estimate of drug-likeness (QED) is 0.559. The highest BCUT2D eigenvalue weighted by atomic mass is 16.5. The number of quaternary nitrogens is 1. The highest BCUT2D eigenvalue weighted by Gasteiger charge is 2.31. The molecule has 1 aliphatic heterocycles. The van der Waals surface area contributed by atoms with Crippen molar-refractivity contribution in [2.24, 2.45) is 0 Å². The number of rotatable bonds is 11. The molecule has 166 valence electrons. The average Bonchev–Trinajstić information content (AvgIpc) is 3.08. The number of unbranched alkanes of at least 4 members (excludes halogenated alkanes) is 2. The molecule has 0 unspecified atom stereocenters. The molecule has 5 nitrogen and oxygen atoms in total. The van der Waals surface area contributed by atoms with Gasteiger partial charge in [-0.15, -0.1) is 0 Å². The number of para-hydroxylation sites is 1. The molecule has 0 bridgehead atoms. The second kappa shape index (κ2) is 11.0. The van der Waals surface area contributed by atoms with Gasteiger partial charge in [0.1, 0.15) is 18.0 Å². The Morgan fingerprint density at radius 3 is 2.42 bits per heavy atom. The first-order chi connectivity index (χ1) is 15.1. The Morgan fingerprint density at radius 2 is 1.74 bits per heavy atom. The third-order valence-electron chi connectivity index (χ3n) is 5.60. The highest BCUT2D eigenvalue weighted by Crippen LogP contribution is 2.38. The van der Waals surface area contributed by atoms with E-state index in [9.17, 15) is 9.90 Å². The molecule has 1 N–H and O–H groups in total. The molecule has 0 amide bonds. The Labute approximate surface area is 185 Å². The summed E-state index contributed by atoms with van der Waals surface area (Å²) in [5, 5.41) is 12.7. The number of hydrogen-bond acceptors (Lipinski definition) is 4. The normalized spacial score (nSPS) is 14.2. The van der Waals surface area contributed by atoms with Gasteiger partial charge in [0, 0.05) is 11.1 Å². The minimum atomic E-state index is -0.189. The van der Waals surface area contributed by atoms with Crippen LogP contribution in [0.2, 0.25) is 0 Å². The SMILES string of the molecule is CCCC[NH+](CCCC)Cc1c([O-])ccc2c1O/C(=C\c1ccccc1OCC)C2=O. The third-order valence-corrected chi connectivity index (χ3v) is 5.60. The number of fused-ring (bicyclic) bond motifs is 1. The van der Waals surface area contributed by atoms with Crippen LogP contribution in [0.25, 0.3) is 6.08 Å². The third kappa shape index (κ3) is 5.47. The number of hydrogen-bond donors (Lipinski definition) is 1. The summed E-state index contributed by atoms with van der Waals surface area (Å²) < 4.78 is 11.7. The molecule has 0 fully saturated rings. The van der Waals surface area contributed by atoms with Gasteiger partial charge in [0.15, 0.2) is 5.76 Å². The van der Waals surface area contributed by atoms with E-state index in [1.807, 2.05) is 31.2 Å². The van der Waals surface area contributed by atoms with Gasteiger partial charge in [-0.05, 0) is 38.0 Å². The Kier molecular flexibility index (Phi) is 8.13. The van der Waals surface area contributed by atoms with Gasteiger partial charge in [0.2, 0.25) is 5.78 Å². The number of nitrogens with one attached hydrogen (secondary N) is 1. The molecular formula is C26H33NO4. The summed E-state index contributed by atoms with van der Waals surface area (Å²) in [6.45, 7) is 9.41. The van der Waals surface area contributed by atoms with E-state index in [0.29, 0.717) is 35.8 Å². The Balaban J connectivity index is 1.90. The van der Waals surface area contributed by atoms with Gasteiger partial charge in [-0.25, -0.2) is 0 Å². The van der Waals surface area contributed by atoms with E-state index >= 15 is 0 Å². The molecule has 0 saturated heterocycles. The number of carbonyl (C=O) groups excluding carboxylic acids is 1. The summed E-state index contributed by atoms with van der Waals surface area (Å²) in [5.41, 5.74) is 1.86. The van der Waals surface area contributed by atoms with Crippen molar-refractivity contribution in [2.45, 2.75) is 53.0 Å². The fourth-order valence-electron chi connectivity index (χ4n) is 3.89. The minimum absolute atomic E-state index is 0.0620. The van der Waals surface area contributed by atoms with Crippen LogP contribution in [0.15, 0.2) is 42.2 Å². The van der Waals surface area contributed by atoms with Crippen LogP contribution in [0, 0.1) is 0 Å². The standard InChI is InChI=1S/C26H33NO4/c1-4-7-15-27(16-8-5-2)18-21-22(28)14-13-20-25(29)24(31-26(20)21)17-19-11-9-10-12-23(19)30-6-3/h9-14,17,28H,4-8,15-16,18H2,1-3H3/b24-17-. The maximum absolute atomic E-state index is 13.0. The van der Waals surface area contributed by atoms with E-state index in [2.05, 4.69) is 13.8 Å². The van der Waals surface area contributed by atoms with Crippen LogP contribution in [-0.4, -0.2) is 25.5 Å². The molecule has 5 heteroatoms. The van der Waals surface area contributed by atoms with E-state index in [-0.39, 0.29) is 17.3 Å². The summed E-state index contributed by atoms with van der Waals surface area (Å²) in [7, 11) is 0. The van der Waals surface area contributed by atoms with Crippen LogP contribution in [0.1, 0.15) is 67.9 Å². The number of Topliss-reactive ketones (excluding diaryl/α,β-unsaturated/α-hetero) is 1. The Bertz CT molecular complexity index is 927. The first-order valence-electron chi connectivity index (χ1n) is 11.4. The zero-order valence-corrected chi connectivity index (χ0v) is 18.8. The molecule has 3 rings (SSSR count). The zero-order chi connectivity index (χ0) is 22.2. The van der Waals surface area contributed by atoms with Gasteiger partial charge in [0.25, 0.3) is 0 Å². The summed E-state index contributed by atoms with van der Waals surface area (Å²) in [4.78, 5) is 14.4. The molecule has 1 aliphatic rings. The van der Waals surface area contributed by atoms with Crippen molar-refractivity contribution in [3.05, 3.63) is 58.8 Å². The smallest absolute Gasteiger partial charge is 0.231 e. The molecule has 0 saturated carbocycles. The maximum atomic E-state index is 13.0. The molecular weight excluding hydrogens is 390 g/mol. The number of allylic oxidation sites excluding steroid dienone is 1. The maximum Gasteiger partial charge on any atom is 0.231 e. The molecule has 0 atom stereocenters. The second-order valence-corrected chi connectivity index (χ2v) is 7.96. The van der Waals surface area contributed by atoms with Crippen molar-refractivity contribution in [3.63, 3.8) is 0 Å². The molecule has 0 aromatic heterocycles. The Morgan fingerprint density at radius 1 is 1.03 bits per heavy atom. The lowest BCUT2D eigenvalue weighted by Gasteiger charge is -2.23. The zero-order valence-electron chi connectivity index (χ0n) is 18.8. The molecule has 2 aromatic rings. The van der Waals surface area contributed by atoms with Gasteiger partial charge < -0.3 is 19.5 Å². The van der Waals surface area contributed by atoms with Crippen LogP contribution < -0.4 is 19.5 Å². The largest absolute Gasteiger partial charge is 0.872 e. The lowest BCUT2D eigenvalue weighted by Crippen LogP contribution is -3.10. The van der Waals surface area contributed by atoms with Crippen molar-refractivity contribution in [1.82, 2.24) is 0 Å². The van der Waals surface area contributed by atoms with E-state index in [1.165, 1.54) is 11.0 Å². The minimum Gasteiger partial charge on any atom is -0.872 e. The number of ether oxygens (including phenoxy) is 2. The lowest BCUT2D eigenvalue weighted by atomic mass is 10.0. The predicted molar refractivity (Wildman–Crippen MR) is 121 cm³/mol. The number of ketones is 1. The van der Waals surface area contributed by atoms with Gasteiger partial charge in [-0.1, -0.05) is 56.7 Å². The van der Waals surface area contributed by atoms with Gasteiger partial charge in [0.05, 0.1) is 25.3 Å². The topological polar surface area (TPSA) is 63.0 Å². The fraction of sp³-hybridized carbons (Fsp3) is 0.423. The van der Waals surface area contributed by atoms with Crippen LogP contribution >= 0.6 is 0 Å². The average molecular weight is 424 g/mol. The molecule has 0 aliphatic carbocycles. The second-order valence-electron chi connectivity index (χ2n) is 7.96. The van der Waals surface area contributed by atoms with Crippen molar-refractivity contribution in [2.75, 3.05) is 19.7 Å². The molecule has 31 heavy (non-hydrogen) atoms. The monoisotopic (exact) mass is 423 g/mol. The molecule has 1 heterocycles. The van der Waals surface area contributed by atoms with Gasteiger partial charge in [-0.3, -0.25) is 4.79 Å². The number of benzene rings is 2. The van der Waals surface area contributed by atoms with Crippen molar-refractivity contribution in [1.29, 1.82) is 0 Å². The summed E-state index contributed by atoms with van der Waals surface area (Å²) >= 11 is 0. The van der Waals surface area contributed by atoms with E-state index in [4.69, 9.17) is 9.47 Å². The van der Waals surface area contributed by atoms with Crippen molar-refractivity contribution >= 4 is 11.9 Å². The van der Waals surface area contributed by atoms with E-state index in [1.54, 1.807) is 12.1 Å². The van der Waals surface area contributed by atoms with Crippen LogP contribution in [0.5, 0.6) is 17.2 Å². The fourth-order valence-corrected chi connectivity index (χ4v) is 3.89. The van der Waals surface area contributed by atoms with Crippen LogP contribution in [-0.2, 0) is 6.54 Å². The van der Waals surface area contributed by atoms with Crippen molar-refractivity contribution in [3.8, 4) is 17.2 Å². The highest BCUT2D eigenvalue weighted by molar-refractivity contribution is 6.15. The summed E-state index contributed by atoms with van der Waals surface area (Å²) in [5.74, 6) is 1.12. The lowest BCUT2D eigenvalue weighted by molar-refractivity contribution is -0.914. The van der Waals surface area contributed by atoms with Crippen LogP contribution in [0.4, 0.5) is 0 Å². The predicted octanol–water partition coefficient (Wildman–Crippen LogP) is 3.76. The molecule has 2 aromatic carbocycles. The molecule has 0 radical (unpaired) electrons. The summed E-state index contributed by atoms with van der Waals surface area (Å²) in [6, 6.07) is 10.6. The van der Waals surface area contributed by atoms with Gasteiger partial charge >= 0.3 is 0 Å². The first kappa shape index (κ1) is 22.9.